The third-order valence-corrected chi connectivity index (χ3v) is 4.65. The Morgan fingerprint density at radius 1 is 1.14 bits per heavy atom. The van der Waals surface area contributed by atoms with Gasteiger partial charge in [0.15, 0.2) is 0 Å². The second-order valence-corrected chi connectivity index (χ2v) is 6.85. The van der Waals surface area contributed by atoms with Gasteiger partial charge in [-0.25, -0.2) is 23.1 Å². The molecule has 3 N–H and O–H groups in total. The Bertz CT molecular complexity index is 789. The molecule has 1 heterocycles. The van der Waals surface area contributed by atoms with Gasteiger partial charge in [-0.1, -0.05) is 23.2 Å². The van der Waals surface area contributed by atoms with Crippen molar-refractivity contribution in [3.63, 3.8) is 0 Å². The molecule has 0 aliphatic heterocycles. The molecule has 0 saturated carbocycles. The molecule has 112 valence electrons. The lowest BCUT2D eigenvalue weighted by Gasteiger charge is -2.11. The van der Waals surface area contributed by atoms with Crippen LogP contribution in [-0.2, 0) is 10.0 Å². The molecule has 0 aliphatic carbocycles. The molecule has 0 amide bonds. The van der Waals surface area contributed by atoms with E-state index in [-0.39, 0.29) is 21.0 Å². The number of nitrogen functional groups attached to an aromatic ring is 1. The van der Waals surface area contributed by atoms with Crippen molar-refractivity contribution in [1.82, 2.24) is 9.97 Å². The van der Waals surface area contributed by atoms with Gasteiger partial charge in [-0.2, -0.15) is 0 Å². The minimum Gasteiger partial charge on any atom is -0.398 e. The minimum atomic E-state index is -3.96. The van der Waals surface area contributed by atoms with E-state index in [1.165, 1.54) is 18.2 Å². The Labute approximate surface area is 132 Å². The zero-order valence-corrected chi connectivity index (χ0v) is 13.5. The van der Waals surface area contributed by atoms with E-state index in [0.29, 0.717) is 16.9 Å². The normalized spacial score (nSPS) is 11.4. The number of nitrogens with two attached hydrogens (primary N) is 1. The maximum Gasteiger partial charge on any atom is 0.265 e. The van der Waals surface area contributed by atoms with Crippen molar-refractivity contribution in [3.8, 4) is 0 Å². The highest BCUT2D eigenvalue weighted by atomic mass is 35.5. The highest BCUT2D eigenvalue weighted by Gasteiger charge is 2.21. The molecule has 2 rings (SSSR count). The van der Waals surface area contributed by atoms with E-state index >= 15 is 0 Å². The van der Waals surface area contributed by atoms with Gasteiger partial charge < -0.3 is 5.73 Å². The van der Waals surface area contributed by atoms with Crippen LogP contribution < -0.4 is 10.5 Å². The Hall–Kier alpha value is -1.57. The Morgan fingerprint density at radius 2 is 1.81 bits per heavy atom. The number of aryl methyl sites for hydroxylation is 2. The first-order valence-corrected chi connectivity index (χ1v) is 8.02. The van der Waals surface area contributed by atoms with Gasteiger partial charge in [0, 0.05) is 11.4 Å². The van der Waals surface area contributed by atoms with Crippen molar-refractivity contribution < 1.29 is 8.42 Å². The van der Waals surface area contributed by atoms with E-state index in [1.807, 2.05) is 0 Å². The first-order chi connectivity index (χ1) is 9.69. The summed E-state index contributed by atoms with van der Waals surface area (Å²) in [5, 5.41) is 0.197. The maximum absolute atomic E-state index is 12.3. The molecule has 0 radical (unpaired) electrons. The van der Waals surface area contributed by atoms with Gasteiger partial charge in [-0.3, -0.25) is 0 Å². The van der Waals surface area contributed by atoms with E-state index in [2.05, 4.69) is 14.7 Å². The van der Waals surface area contributed by atoms with Gasteiger partial charge in [0.05, 0.1) is 5.02 Å². The second kappa shape index (κ2) is 5.67. The fourth-order valence-electron chi connectivity index (χ4n) is 1.63. The third-order valence-electron chi connectivity index (χ3n) is 2.66. The number of anilines is 2. The summed E-state index contributed by atoms with van der Waals surface area (Å²) < 4.78 is 26.9. The smallest absolute Gasteiger partial charge is 0.265 e. The lowest BCUT2D eigenvalue weighted by molar-refractivity contribution is 0.601. The molecule has 1 aromatic carbocycles. The highest BCUT2D eigenvalue weighted by molar-refractivity contribution is 7.92. The summed E-state index contributed by atoms with van der Waals surface area (Å²) in [4.78, 5) is 7.61. The van der Waals surface area contributed by atoms with E-state index in [4.69, 9.17) is 28.9 Å². The van der Waals surface area contributed by atoms with Crippen LogP contribution in [0.4, 0.5) is 11.6 Å². The number of rotatable bonds is 3. The van der Waals surface area contributed by atoms with Crippen LogP contribution in [-0.4, -0.2) is 18.4 Å². The van der Waals surface area contributed by atoms with Crippen LogP contribution >= 0.6 is 23.2 Å². The van der Waals surface area contributed by atoms with Gasteiger partial charge in [0.1, 0.15) is 10.0 Å². The highest BCUT2D eigenvalue weighted by Crippen LogP contribution is 2.28. The second-order valence-electron chi connectivity index (χ2n) is 4.40. The largest absolute Gasteiger partial charge is 0.398 e. The zero-order valence-electron chi connectivity index (χ0n) is 11.2. The van der Waals surface area contributed by atoms with Crippen LogP contribution in [0.1, 0.15) is 11.3 Å². The molecule has 0 unspecified atom stereocenters. The number of hydrogen-bond donors (Lipinski definition) is 2. The molecule has 21 heavy (non-hydrogen) atoms. The number of sulfonamides is 1. The molecule has 2 aromatic rings. The molecule has 0 atom stereocenters. The van der Waals surface area contributed by atoms with Crippen LogP contribution in [0.2, 0.25) is 10.2 Å². The summed E-state index contributed by atoms with van der Waals surface area (Å²) >= 11 is 11.7. The predicted octanol–water partition coefficient (Wildman–Crippen LogP) is 2.78. The fraction of sp³-hybridized carbons (Fsp3) is 0.167. The first kappa shape index (κ1) is 15.8. The van der Waals surface area contributed by atoms with Crippen LogP contribution in [0.15, 0.2) is 23.1 Å². The van der Waals surface area contributed by atoms with E-state index < -0.39 is 10.0 Å². The number of nitrogens with zero attached hydrogens (tertiary/aromatic N) is 2. The zero-order chi connectivity index (χ0) is 15.8. The number of hydrogen-bond acceptors (Lipinski definition) is 5. The third kappa shape index (κ3) is 3.55. The number of benzene rings is 1. The van der Waals surface area contributed by atoms with Crippen LogP contribution in [0.25, 0.3) is 0 Å². The lowest BCUT2D eigenvalue weighted by Crippen LogP contribution is -2.16. The fourth-order valence-corrected chi connectivity index (χ4v) is 3.43. The average molecular weight is 347 g/mol. The molecule has 9 heteroatoms. The topological polar surface area (TPSA) is 98.0 Å². The summed E-state index contributed by atoms with van der Waals surface area (Å²) in [6, 6.07) is 4.28. The quantitative estimate of drug-likeness (QED) is 0.657. The summed E-state index contributed by atoms with van der Waals surface area (Å²) in [5.74, 6) is -0.129. The Balaban J connectivity index is 2.45. The maximum atomic E-state index is 12.3. The van der Waals surface area contributed by atoms with Crippen molar-refractivity contribution >= 4 is 44.9 Å². The van der Waals surface area contributed by atoms with Crippen molar-refractivity contribution in [3.05, 3.63) is 39.6 Å². The van der Waals surface area contributed by atoms with Crippen LogP contribution in [0.3, 0.4) is 0 Å². The molecular formula is C12H12Cl2N4O2S. The van der Waals surface area contributed by atoms with E-state index in [1.54, 1.807) is 13.8 Å². The van der Waals surface area contributed by atoms with Crippen molar-refractivity contribution in [2.75, 3.05) is 10.5 Å². The Morgan fingerprint density at radius 3 is 2.43 bits per heavy atom. The van der Waals surface area contributed by atoms with Crippen LogP contribution in [0, 0.1) is 13.8 Å². The molecular weight excluding hydrogens is 335 g/mol. The van der Waals surface area contributed by atoms with Crippen LogP contribution in [0.5, 0.6) is 0 Å². The van der Waals surface area contributed by atoms with E-state index in [9.17, 15) is 8.42 Å². The molecule has 0 bridgehead atoms. The predicted molar refractivity (Wildman–Crippen MR) is 83.2 cm³/mol. The standard InChI is InChI=1S/C12H12Cl2N4O2S/c1-6-3-8(13)10(5-9(6)15)21(19,20)18-12-16-7(2)4-11(14)17-12/h3-5H,15H2,1-2H3,(H,16,17,18). The van der Waals surface area contributed by atoms with Gasteiger partial charge in [0.2, 0.25) is 5.95 Å². The monoisotopic (exact) mass is 346 g/mol. The summed E-state index contributed by atoms with van der Waals surface area (Å²) in [7, 11) is -3.96. The van der Waals surface area contributed by atoms with Crippen molar-refractivity contribution in [2.24, 2.45) is 0 Å². The summed E-state index contributed by atoms with van der Waals surface area (Å²) in [6.07, 6.45) is 0. The van der Waals surface area contributed by atoms with Crippen molar-refractivity contribution in [1.29, 1.82) is 0 Å². The number of halogens is 2. The number of aromatic nitrogens is 2. The van der Waals surface area contributed by atoms with E-state index in [0.717, 1.165) is 0 Å². The molecule has 0 fully saturated rings. The Kier molecular flexibility index (Phi) is 4.27. The van der Waals surface area contributed by atoms with Gasteiger partial charge in [0.25, 0.3) is 10.0 Å². The molecule has 0 aliphatic rings. The molecule has 1 aromatic heterocycles. The summed E-state index contributed by atoms with van der Waals surface area (Å²) in [6.45, 7) is 3.40. The van der Waals surface area contributed by atoms with Gasteiger partial charge >= 0.3 is 0 Å². The molecule has 0 spiro atoms. The summed E-state index contributed by atoms with van der Waals surface area (Å²) in [5.41, 5.74) is 7.27. The average Bonchev–Trinajstić information content (AvgIpc) is 2.31. The van der Waals surface area contributed by atoms with Gasteiger partial charge in [-0.15, -0.1) is 0 Å². The molecule has 6 nitrogen and oxygen atoms in total. The van der Waals surface area contributed by atoms with Crippen molar-refractivity contribution in [2.45, 2.75) is 18.7 Å². The minimum absolute atomic E-state index is 0.0629. The SMILES string of the molecule is Cc1cc(Cl)nc(NS(=O)(=O)c2cc(N)c(C)cc2Cl)n1. The lowest BCUT2D eigenvalue weighted by atomic mass is 10.2. The first-order valence-electron chi connectivity index (χ1n) is 5.78. The number of nitrogens with one attached hydrogen (secondary N) is 1. The van der Waals surface area contributed by atoms with Gasteiger partial charge in [-0.05, 0) is 37.6 Å². The molecule has 0 saturated heterocycles.